The molecule has 1 fully saturated rings. The summed E-state index contributed by atoms with van der Waals surface area (Å²) in [5.74, 6) is 2.78. The maximum atomic E-state index is 5.60. The summed E-state index contributed by atoms with van der Waals surface area (Å²) in [7, 11) is 1.74. The lowest BCUT2D eigenvalue weighted by molar-refractivity contribution is 0.0573. The van der Waals surface area contributed by atoms with Crippen LogP contribution >= 0.6 is 22.6 Å². The standard InChI is InChI=1S/C15H24IN3O/c1-5-8-17-14-11(16)12(10-6-7-10)18-15(19-14)13(20-4)9(2)3/h9-10,13H,5-8H2,1-4H3,(H,17,18,19). The van der Waals surface area contributed by atoms with Gasteiger partial charge in [-0.15, -0.1) is 0 Å². The second kappa shape index (κ2) is 7.02. The van der Waals surface area contributed by atoms with Crippen molar-refractivity contribution in [3.05, 3.63) is 15.1 Å². The van der Waals surface area contributed by atoms with Gasteiger partial charge in [0.05, 0.1) is 9.26 Å². The Bertz CT molecular complexity index is 461. The van der Waals surface area contributed by atoms with E-state index in [2.05, 4.69) is 48.7 Å². The lowest BCUT2D eigenvalue weighted by Gasteiger charge is -2.20. The van der Waals surface area contributed by atoms with E-state index >= 15 is 0 Å². The third kappa shape index (κ3) is 3.61. The molecule has 0 aliphatic heterocycles. The van der Waals surface area contributed by atoms with Gasteiger partial charge in [-0.25, -0.2) is 9.97 Å². The van der Waals surface area contributed by atoms with Crippen LogP contribution in [-0.2, 0) is 4.74 Å². The Morgan fingerprint density at radius 1 is 1.35 bits per heavy atom. The van der Waals surface area contributed by atoms with E-state index in [1.165, 1.54) is 22.1 Å². The molecule has 1 aliphatic carbocycles. The SMILES string of the molecule is CCCNc1nc(C(OC)C(C)C)nc(C2CC2)c1I. The third-order valence-corrected chi connectivity index (χ3v) is 4.58. The van der Waals surface area contributed by atoms with Crippen LogP contribution in [0.1, 0.15) is 63.6 Å². The Hall–Kier alpha value is -0.430. The monoisotopic (exact) mass is 389 g/mol. The van der Waals surface area contributed by atoms with Crippen molar-refractivity contribution in [2.24, 2.45) is 5.92 Å². The molecule has 1 aromatic heterocycles. The van der Waals surface area contributed by atoms with E-state index in [1.54, 1.807) is 7.11 Å². The molecule has 0 bridgehead atoms. The zero-order valence-corrected chi connectivity index (χ0v) is 14.9. The lowest BCUT2D eigenvalue weighted by atomic mass is 10.1. The van der Waals surface area contributed by atoms with Crippen molar-refractivity contribution in [2.75, 3.05) is 19.0 Å². The van der Waals surface area contributed by atoms with E-state index in [0.29, 0.717) is 11.8 Å². The van der Waals surface area contributed by atoms with Crippen LogP contribution in [0.3, 0.4) is 0 Å². The molecule has 0 amide bonds. The number of ether oxygens (including phenoxy) is 1. The second-order valence-corrected chi connectivity index (χ2v) is 6.81. The molecule has 0 spiro atoms. The fourth-order valence-electron chi connectivity index (χ4n) is 2.27. The van der Waals surface area contributed by atoms with Crippen LogP contribution in [-0.4, -0.2) is 23.6 Å². The number of methoxy groups -OCH3 is 1. The van der Waals surface area contributed by atoms with Gasteiger partial charge in [-0.2, -0.15) is 0 Å². The van der Waals surface area contributed by atoms with E-state index in [1.807, 2.05) is 0 Å². The van der Waals surface area contributed by atoms with Crippen molar-refractivity contribution >= 4 is 28.4 Å². The van der Waals surface area contributed by atoms with Crippen molar-refractivity contribution in [3.8, 4) is 0 Å². The fraction of sp³-hybridized carbons (Fsp3) is 0.733. The molecule has 0 saturated heterocycles. The van der Waals surface area contributed by atoms with Gasteiger partial charge >= 0.3 is 0 Å². The van der Waals surface area contributed by atoms with Gasteiger partial charge in [0.2, 0.25) is 0 Å². The molecule has 4 nitrogen and oxygen atoms in total. The Kier molecular flexibility index (Phi) is 5.60. The van der Waals surface area contributed by atoms with Gasteiger partial charge in [-0.1, -0.05) is 20.8 Å². The highest BCUT2D eigenvalue weighted by atomic mass is 127. The van der Waals surface area contributed by atoms with E-state index in [-0.39, 0.29) is 6.10 Å². The molecule has 1 saturated carbocycles. The van der Waals surface area contributed by atoms with Gasteiger partial charge in [0, 0.05) is 19.6 Å². The average molecular weight is 389 g/mol. The molecule has 20 heavy (non-hydrogen) atoms. The number of anilines is 1. The van der Waals surface area contributed by atoms with Gasteiger partial charge in [0.15, 0.2) is 5.82 Å². The number of nitrogens with one attached hydrogen (secondary N) is 1. The molecule has 1 atom stereocenters. The molecule has 0 aromatic carbocycles. The molecule has 2 rings (SSSR count). The van der Waals surface area contributed by atoms with Gasteiger partial charge in [-0.05, 0) is 47.8 Å². The summed E-state index contributed by atoms with van der Waals surface area (Å²) in [4.78, 5) is 9.53. The van der Waals surface area contributed by atoms with Crippen LogP contribution in [0.5, 0.6) is 0 Å². The van der Waals surface area contributed by atoms with Crippen LogP contribution in [0.15, 0.2) is 0 Å². The quantitative estimate of drug-likeness (QED) is 0.713. The largest absolute Gasteiger partial charge is 0.373 e. The first kappa shape index (κ1) is 15.9. The molecule has 0 radical (unpaired) electrons. The number of halogens is 1. The summed E-state index contributed by atoms with van der Waals surface area (Å²) in [5, 5.41) is 3.43. The predicted octanol–water partition coefficient (Wildman–Crippen LogP) is 4.12. The molecule has 1 N–H and O–H groups in total. The van der Waals surface area contributed by atoms with Gasteiger partial charge < -0.3 is 10.1 Å². The third-order valence-electron chi connectivity index (χ3n) is 3.51. The van der Waals surface area contributed by atoms with Crippen molar-refractivity contribution < 1.29 is 4.74 Å². The average Bonchev–Trinajstić information content (AvgIpc) is 3.23. The number of rotatable bonds is 7. The van der Waals surface area contributed by atoms with Gasteiger partial charge in [-0.3, -0.25) is 0 Å². The summed E-state index contributed by atoms with van der Waals surface area (Å²) in [6, 6.07) is 0. The molecule has 112 valence electrons. The molecular weight excluding hydrogens is 365 g/mol. The van der Waals surface area contributed by atoms with E-state index in [9.17, 15) is 0 Å². The van der Waals surface area contributed by atoms with Crippen molar-refractivity contribution in [1.29, 1.82) is 0 Å². The minimum absolute atomic E-state index is 0.0355. The predicted molar refractivity (Wildman–Crippen MR) is 90.1 cm³/mol. The van der Waals surface area contributed by atoms with Crippen LogP contribution in [0.2, 0.25) is 0 Å². The Labute approximate surface area is 135 Å². The maximum absolute atomic E-state index is 5.60. The van der Waals surface area contributed by atoms with E-state index in [4.69, 9.17) is 14.7 Å². The minimum atomic E-state index is -0.0355. The molecule has 1 heterocycles. The first-order valence-electron chi connectivity index (χ1n) is 7.42. The Morgan fingerprint density at radius 3 is 2.55 bits per heavy atom. The maximum Gasteiger partial charge on any atom is 0.160 e. The summed E-state index contributed by atoms with van der Waals surface area (Å²) in [6.07, 6.45) is 3.55. The smallest absolute Gasteiger partial charge is 0.160 e. The fourth-order valence-corrected chi connectivity index (χ4v) is 3.15. The molecule has 1 aromatic rings. The molecule has 5 heteroatoms. The van der Waals surface area contributed by atoms with E-state index < -0.39 is 0 Å². The number of aromatic nitrogens is 2. The van der Waals surface area contributed by atoms with Crippen LogP contribution < -0.4 is 5.32 Å². The molecule has 1 aliphatic rings. The van der Waals surface area contributed by atoms with Crippen LogP contribution in [0.25, 0.3) is 0 Å². The van der Waals surface area contributed by atoms with Crippen molar-refractivity contribution in [3.63, 3.8) is 0 Å². The van der Waals surface area contributed by atoms with Gasteiger partial charge in [0.1, 0.15) is 11.9 Å². The summed E-state index contributed by atoms with van der Waals surface area (Å²) < 4.78 is 6.78. The first-order valence-corrected chi connectivity index (χ1v) is 8.50. The summed E-state index contributed by atoms with van der Waals surface area (Å²) >= 11 is 2.38. The Morgan fingerprint density at radius 2 is 2.05 bits per heavy atom. The van der Waals surface area contributed by atoms with Crippen LogP contribution in [0.4, 0.5) is 5.82 Å². The number of hydrogen-bond acceptors (Lipinski definition) is 4. The highest BCUT2D eigenvalue weighted by molar-refractivity contribution is 14.1. The topological polar surface area (TPSA) is 47.0 Å². The van der Waals surface area contributed by atoms with Gasteiger partial charge in [0.25, 0.3) is 0 Å². The summed E-state index contributed by atoms with van der Waals surface area (Å²) in [6.45, 7) is 7.39. The Balaban J connectivity index is 2.38. The first-order chi connectivity index (χ1) is 9.58. The molecule has 1 unspecified atom stereocenters. The van der Waals surface area contributed by atoms with Crippen molar-refractivity contribution in [1.82, 2.24) is 9.97 Å². The highest BCUT2D eigenvalue weighted by Gasteiger charge is 2.31. The zero-order valence-electron chi connectivity index (χ0n) is 12.7. The lowest BCUT2D eigenvalue weighted by Crippen LogP contribution is -2.17. The number of nitrogens with zero attached hydrogens (tertiary/aromatic N) is 2. The molecular formula is C15H24IN3O. The zero-order chi connectivity index (χ0) is 14.7. The normalized spacial score (nSPS) is 16.5. The highest BCUT2D eigenvalue weighted by Crippen LogP contribution is 2.43. The summed E-state index contributed by atoms with van der Waals surface area (Å²) in [5.41, 5.74) is 1.21. The van der Waals surface area contributed by atoms with Crippen molar-refractivity contribution in [2.45, 2.75) is 52.1 Å². The van der Waals surface area contributed by atoms with E-state index in [0.717, 1.165) is 24.6 Å². The minimum Gasteiger partial charge on any atom is -0.373 e. The number of hydrogen-bond donors (Lipinski definition) is 1. The van der Waals surface area contributed by atoms with Crippen LogP contribution in [0, 0.1) is 9.49 Å². The second-order valence-electron chi connectivity index (χ2n) is 5.73.